The molecule has 0 unspecified atom stereocenters. The van der Waals surface area contributed by atoms with E-state index in [2.05, 4.69) is 41.5 Å². The third kappa shape index (κ3) is 35.4. The molecule has 5 heteroatoms. The Morgan fingerprint density at radius 1 is 0.600 bits per heavy atom. The van der Waals surface area contributed by atoms with Crippen molar-refractivity contribution in [3.63, 3.8) is 0 Å². The van der Waals surface area contributed by atoms with Crippen LogP contribution in [0.3, 0.4) is 0 Å². The number of unbranched alkanes of at least 4 members (excludes halogenated alkanes) is 4. The third-order valence-corrected chi connectivity index (χ3v) is 3.62. The first kappa shape index (κ1) is 29.2. The maximum Gasteiger partial charge on any atom is 2.00 e. The Bertz CT molecular complexity index is 307. The molecule has 0 aromatic rings. The van der Waals surface area contributed by atoms with Gasteiger partial charge in [0.25, 0.3) is 0 Å². The fraction of sp³-hybridized carbons (Fsp3) is 0.900. The van der Waals surface area contributed by atoms with Crippen molar-refractivity contribution in [1.82, 2.24) is 0 Å². The van der Waals surface area contributed by atoms with Crippen molar-refractivity contribution in [2.75, 3.05) is 0 Å². The quantitative estimate of drug-likeness (QED) is 0.418. The number of carbonyl (C=O) groups excluding carboxylic acids is 2. The van der Waals surface area contributed by atoms with E-state index < -0.39 is 11.9 Å². The number of hydrogen-bond acceptors (Lipinski definition) is 4. The second kappa shape index (κ2) is 15.7. The van der Waals surface area contributed by atoms with Gasteiger partial charge in [0.05, 0.1) is 0 Å². The molecule has 4 nitrogen and oxygen atoms in total. The van der Waals surface area contributed by atoms with Crippen molar-refractivity contribution in [3.8, 4) is 0 Å². The summed E-state index contributed by atoms with van der Waals surface area (Å²) in [5.74, 6) is -1.85. The molecule has 0 aliphatic carbocycles. The van der Waals surface area contributed by atoms with Gasteiger partial charge in [-0.1, -0.05) is 67.2 Å². The zero-order chi connectivity index (χ0) is 19.2. The molecule has 0 aromatic heterocycles. The van der Waals surface area contributed by atoms with E-state index in [0.29, 0.717) is 10.8 Å². The first-order valence-corrected chi connectivity index (χ1v) is 9.23. The van der Waals surface area contributed by atoms with Gasteiger partial charge in [0.1, 0.15) is 0 Å². The molecule has 0 aliphatic heterocycles. The largest absolute Gasteiger partial charge is 2.00 e. The van der Waals surface area contributed by atoms with Gasteiger partial charge in [-0.15, -0.1) is 0 Å². The second-order valence-corrected chi connectivity index (χ2v) is 8.99. The molecular formula is C20H38MnO4. The zero-order valence-corrected chi connectivity index (χ0v) is 18.3. The topological polar surface area (TPSA) is 80.3 Å². The monoisotopic (exact) mass is 397 g/mol. The Labute approximate surface area is 165 Å². The number of hydrogen-bond donors (Lipinski definition) is 0. The van der Waals surface area contributed by atoms with Gasteiger partial charge in [0.2, 0.25) is 0 Å². The zero-order valence-electron chi connectivity index (χ0n) is 17.1. The van der Waals surface area contributed by atoms with Crippen LogP contribution in [-0.4, -0.2) is 11.9 Å². The van der Waals surface area contributed by atoms with Crippen molar-refractivity contribution in [3.05, 3.63) is 0 Å². The minimum Gasteiger partial charge on any atom is -0.550 e. The molecule has 0 aliphatic rings. The number of rotatable bonds is 10. The molecule has 0 spiro atoms. The molecule has 0 atom stereocenters. The molecule has 0 saturated carbocycles. The van der Waals surface area contributed by atoms with Gasteiger partial charge in [-0.2, -0.15) is 0 Å². The van der Waals surface area contributed by atoms with Crippen LogP contribution in [0.1, 0.15) is 106 Å². The average Bonchev–Trinajstić information content (AvgIpc) is 2.35. The van der Waals surface area contributed by atoms with E-state index in [9.17, 15) is 19.8 Å². The molecular weight excluding hydrogens is 359 g/mol. The molecule has 0 bridgehead atoms. The molecule has 25 heavy (non-hydrogen) atoms. The Morgan fingerprint density at radius 3 is 1.08 bits per heavy atom. The molecule has 0 amide bonds. The Hall–Kier alpha value is -0.541. The third-order valence-electron chi connectivity index (χ3n) is 3.62. The van der Waals surface area contributed by atoms with Crippen LogP contribution in [0.4, 0.5) is 0 Å². The SMILES string of the molecule is CC(C)(C)CCCCCC(=O)[O-].CC(C)(C)CCCCCC(=O)[O-].[Mn+2]. The molecule has 0 N–H and O–H groups in total. The Balaban J connectivity index is -0.000000372. The second-order valence-electron chi connectivity index (χ2n) is 8.99. The normalized spacial score (nSPS) is 11.1. The number of carboxylic acid groups (broad SMARTS) is 2. The first-order chi connectivity index (χ1) is 10.8. The smallest absolute Gasteiger partial charge is 0.550 e. The molecule has 0 saturated heterocycles. The van der Waals surface area contributed by atoms with Crippen LogP contribution in [0.2, 0.25) is 0 Å². The average molecular weight is 397 g/mol. The van der Waals surface area contributed by atoms with Gasteiger partial charge in [0.15, 0.2) is 0 Å². The predicted molar refractivity (Wildman–Crippen MR) is 95.1 cm³/mol. The molecule has 0 rings (SSSR count). The van der Waals surface area contributed by atoms with Crippen molar-refractivity contribution in [2.24, 2.45) is 10.8 Å². The van der Waals surface area contributed by atoms with Gasteiger partial charge < -0.3 is 19.8 Å². The van der Waals surface area contributed by atoms with Crippen LogP contribution >= 0.6 is 0 Å². The maximum absolute atomic E-state index is 10.0. The van der Waals surface area contributed by atoms with E-state index in [-0.39, 0.29) is 29.9 Å². The van der Waals surface area contributed by atoms with Crippen molar-refractivity contribution < 1.29 is 36.9 Å². The van der Waals surface area contributed by atoms with E-state index in [1.54, 1.807) is 0 Å². The summed E-state index contributed by atoms with van der Waals surface area (Å²) in [5, 5.41) is 20.1. The molecule has 1 radical (unpaired) electrons. The standard InChI is InChI=1S/2C10H20O2.Mn/c2*1-10(2,3)8-6-4-5-7-9(11)12;/h2*4-8H2,1-3H3,(H,11,12);/q;;+2/p-2. The van der Waals surface area contributed by atoms with Crippen LogP contribution in [0, 0.1) is 10.8 Å². The maximum atomic E-state index is 10.0. The van der Waals surface area contributed by atoms with Gasteiger partial charge in [-0.25, -0.2) is 0 Å². The van der Waals surface area contributed by atoms with E-state index in [4.69, 9.17) is 0 Å². The Morgan fingerprint density at radius 2 is 0.880 bits per heavy atom. The molecule has 0 fully saturated rings. The first-order valence-electron chi connectivity index (χ1n) is 9.23. The summed E-state index contributed by atoms with van der Waals surface area (Å²) in [6.07, 6.45) is 8.54. The molecule has 0 heterocycles. The fourth-order valence-corrected chi connectivity index (χ4v) is 2.20. The van der Waals surface area contributed by atoms with Crippen LogP contribution in [0.25, 0.3) is 0 Å². The van der Waals surface area contributed by atoms with Crippen LogP contribution in [0.5, 0.6) is 0 Å². The van der Waals surface area contributed by atoms with Crippen LogP contribution < -0.4 is 10.2 Å². The number of aliphatic carboxylic acids is 2. The van der Waals surface area contributed by atoms with E-state index >= 15 is 0 Å². The summed E-state index contributed by atoms with van der Waals surface area (Å²) in [6, 6.07) is 0. The van der Waals surface area contributed by atoms with E-state index in [0.717, 1.165) is 38.5 Å². The van der Waals surface area contributed by atoms with Crippen molar-refractivity contribution in [2.45, 2.75) is 106 Å². The summed E-state index contributed by atoms with van der Waals surface area (Å²) in [6.45, 7) is 13.2. The summed E-state index contributed by atoms with van der Waals surface area (Å²) >= 11 is 0. The summed E-state index contributed by atoms with van der Waals surface area (Å²) < 4.78 is 0. The van der Waals surface area contributed by atoms with E-state index in [1.807, 2.05) is 0 Å². The summed E-state index contributed by atoms with van der Waals surface area (Å²) in [4.78, 5) is 20.1. The number of carbonyl (C=O) groups is 2. The van der Waals surface area contributed by atoms with Crippen LogP contribution in [0.15, 0.2) is 0 Å². The molecule has 149 valence electrons. The summed E-state index contributed by atoms with van der Waals surface area (Å²) in [7, 11) is 0. The number of carboxylic acids is 2. The van der Waals surface area contributed by atoms with Crippen molar-refractivity contribution in [1.29, 1.82) is 0 Å². The predicted octanol–water partition coefficient (Wildman–Crippen LogP) is 3.46. The van der Waals surface area contributed by atoms with Gasteiger partial charge in [-0.05, 0) is 49.4 Å². The minimum atomic E-state index is -0.925. The Kier molecular flexibility index (Phi) is 18.4. The van der Waals surface area contributed by atoms with Crippen LogP contribution in [-0.2, 0) is 26.7 Å². The summed E-state index contributed by atoms with van der Waals surface area (Å²) in [5.41, 5.74) is 0.753. The van der Waals surface area contributed by atoms with Gasteiger partial charge in [0, 0.05) is 11.9 Å². The minimum absolute atomic E-state index is 0. The van der Waals surface area contributed by atoms with E-state index in [1.165, 1.54) is 12.8 Å². The van der Waals surface area contributed by atoms with Crippen molar-refractivity contribution >= 4 is 11.9 Å². The van der Waals surface area contributed by atoms with Gasteiger partial charge in [-0.3, -0.25) is 0 Å². The molecule has 0 aromatic carbocycles. The fourth-order valence-electron chi connectivity index (χ4n) is 2.20. The van der Waals surface area contributed by atoms with Gasteiger partial charge >= 0.3 is 17.1 Å².